The minimum Gasteiger partial charge on any atom is -0.453 e. The Labute approximate surface area is 209 Å². The Balaban J connectivity index is 1.73. The van der Waals surface area contributed by atoms with Gasteiger partial charge in [0.1, 0.15) is 11.5 Å². The predicted molar refractivity (Wildman–Crippen MR) is 139 cm³/mol. The lowest BCUT2D eigenvalue weighted by atomic mass is 9.92. The summed E-state index contributed by atoms with van der Waals surface area (Å²) in [6, 6.07) is 39.4. The monoisotopic (exact) mass is 470 g/mol. The fourth-order valence-electron chi connectivity index (χ4n) is 3.86. The molecule has 0 unspecified atom stereocenters. The third kappa shape index (κ3) is 4.93. The van der Waals surface area contributed by atoms with E-state index in [1.807, 2.05) is 60.7 Å². The Morgan fingerprint density at radius 1 is 0.444 bits per heavy atom. The highest BCUT2D eigenvalue weighted by atomic mass is 16.5. The van der Waals surface area contributed by atoms with Crippen LogP contribution in [0.3, 0.4) is 0 Å². The minimum absolute atomic E-state index is 0.146. The summed E-state index contributed by atoms with van der Waals surface area (Å²) in [5.74, 6) is 0.991. The Hall–Kier alpha value is -4.96. The first-order chi connectivity index (χ1) is 17.7. The molecule has 36 heavy (non-hydrogen) atoms. The fraction of sp³-hybridized carbons (Fsp3) is 0. The standard InChI is InChI=1S/C32H22O4/c33-30(23-13-5-1-6-14-23)27-21-22-28(35-25-17-9-3-10-18-25)32(36-26-19-11-4-12-20-26)29(27)31(34)24-15-7-2-8-16-24/h1-22H. The van der Waals surface area contributed by atoms with Gasteiger partial charge in [-0.15, -0.1) is 0 Å². The van der Waals surface area contributed by atoms with E-state index in [9.17, 15) is 9.59 Å². The highest BCUT2D eigenvalue weighted by molar-refractivity contribution is 6.21. The van der Waals surface area contributed by atoms with Gasteiger partial charge in [0, 0.05) is 16.7 Å². The fourth-order valence-corrected chi connectivity index (χ4v) is 3.86. The molecular formula is C32H22O4. The molecule has 0 atom stereocenters. The molecular weight excluding hydrogens is 448 g/mol. The zero-order valence-electron chi connectivity index (χ0n) is 19.3. The maximum atomic E-state index is 13.9. The van der Waals surface area contributed by atoms with Gasteiger partial charge in [0.2, 0.25) is 0 Å². The van der Waals surface area contributed by atoms with Gasteiger partial charge in [-0.1, -0.05) is 97.1 Å². The largest absolute Gasteiger partial charge is 0.453 e. The zero-order valence-corrected chi connectivity index (χ0v) is 19.3. The molecule has 174 valence electrons. The molecule has 5 rings (SSSR count). The highest BCUT2D eigenvalue weighted by Gasteiger charge is 2.28. The molecule has 5 aromatic rings. The van der Waals surface area contributed by atoms with E-state index in [4.69, 9.17) is 9.47 Å². The summed E-state index contributed by atoms with van der Waals surface area (Å²) in [4.78, 5) is 27.6. The summed E-state index contributed by atoms with van der Waals surface area (Å²) in [6.45, 7) is 0. The van der Waals surface area contributed by atoms with Crippen molar-refractivity contribution >= 4 is 11.6 Å². The van der Waals surface area contributed by atoms with E-state index in [2.05, 4.69) is 0 Å². The second-order valence-corrected chi connectivity index (χ2v) is 8.04. The zero-order chi connectivity index (χ0) is 24.7. The second-order valence-electron chi connectivity index (χ2n) is 8.04. The number of benzene rings is 5. The van der Waals surface area contributed by atoms with Gasteiger partial charge in [0.05, 0.1) is 5.56 Å². The van der Waals surface area contributed by atoms with Crippen LogP contribution in [0.2, 0.25) is 0 Å². The van der Waals surface area contributed by atoms with Crippen molar-refractivity contribution in [2.24, 2.45) is 0 Å². The number of ether oxygens (including phenoxy) is 2. The van der Waals surface area contributed by atoms with Crippen molar-refractivity contribution in [1.29, 1.82) is 0 Å². The molecule has 0 aliphatic heterocycles. The molecule has 0 aliphatic rings. The molecule has 4 heteroatoms. The van der Waals surface area contributed by atoms with Crippen LogP contribution in [0.1, 0.15) is 31.8 Å². The molecule has 4 nitrogen and oxygen atoms in total. The average Bonchev–Trinajstić information content (AvgIpc) is 2.95. The summed E-state index contributed by atoms with van der Waals surface area (Å²) in [5, 5.41) is 0. The van der Waals surface area contributed by atoms with Gasteiger partial charge in [-0.2, -0.15) is 0 Å². The number of rotatable bonds is 8. The van der Waals surface area contributed by atoms with Crippen molar-refractivity contribution < 1.29 is 19.1 Å². The van der Waals surface area contributed by atoms with E-state index < -0.39 is 0 Å². The average molecular weight is 471 g/mol. The van der Waals surface area contributed by atoms with Crippen molar-refractivity contribution in [3.8, 4) is 23.0 Å². The molecule has 0 saturated carbocycles. The molecule has 0 bridgehead atoms. The number of ketones is 2. The normalized spacial score (nSPS) is 10.4. The Morgan fingerprint density at radius 2 is 0.889 bits per heavy atom. The summed E-state index contributed by atoms with van der Waals surface area (Å²) in [5.41, 5.74) is 1.30. The molecule has 0 aromatic heterocycles. The maximum absolute atomic E-state index is 13.9. The van der Waals surface area contributed by atoms with E-state index in [0.29, 0.717) is 28.4 Å². The van der Waals surface area contributed by atoms with E-state index in [1.165, 1.54) is 0 Å². The number of hydrogen-bond acceptors (Lipinski definition) is 4. The van der Waals surface area contributed by atoms with Crippen LogP contribution in [0, 0.1) is 0 Å². The van der Waals surface area contributed by atoms with Crippen molar-refractivity contribution in [3.05, 3.63) is 156 Å². The molecule has 0 amide bonds. The summed E-state index contributed by atoms with van der Waals surface area (Å²) in [7, 11) is 0. The molecule has 0 spiro atoms. The topological polar surface area (TPSA) is 52.6 Å². The van der Waals surface area contributed by atoms with Gasteiger partial charge in [0.15, 0.2) is 23.1 Å². The predicted octanol–water partition coefficient (Wildman–Crippen LogP) is 7.73. The molecule has 0 saturated heterocycles. The first kappa shape index (κ1) is 22.8. The summed E-state index contributed by atoms with van der Waals surface area (Å²) >= 11 is 0. The van der Waals surface area contributed by atoms with Crippen LogP contribution in [0.25, 0.3) is 0 Å². The van der Waals surface area contributed by atoms with E-state index >= 15 is 0 Å². The lowest BCUT2D eigenvalue weighted by molar-refractivity contribution is 0.100. The van der Waals surface area contributed by atoms with Crippen molar-refractivity contribution in [3.63, 3.8) is 0 Å². The molecule has 0 fully saturated rings. The van der Waals surface area contributed by atoms with Crippen molar-refractivity contribution in [2.75, 3.05) is 0 Å². The van der Waals surface area contributed by atoms with Crippen LogP contribution >= 0.6 is 0 Å². The van der Waals surface area contributed by atoms with E-state index in [0.717, 1.165) is 0 Å². The molecule has 0 radical (unpaired) electrons. The van der Waals surface area contributed by atoms with Gasteiger partial charge in [-0.3, -0.25) is 9.59 Å². The number of carbonyl (C=O) groups excluding carboxylic acids is 2. The van der Waals surface area contributed by atoms with Crippen LogP contribution in [-0.4, -0.2) is 11.6 Å². The summed E-state index contributed by atoms with van der Waals surface area (Å²) < 4.78 is 12.4. The van der Waals surface area contributed by atoms with E-state index in [1.54, 1.807) is 72.8 Å². The minimum atomic E-state index is -0.334. The maximum Gasteiger partial charge on any atom is 0.197 e. The first-order valence-corrected chi connectivity index (χ1v) is 11.5. The Kier molecular flexibility index (Phi) is 6.68. The van der Waals surface area contributed by atoms with Gasteiger partial charge in [0.25, 0.3) is 0 Å². The van der Waals surface area contributed by atoms with Gasteiger partial charge >= 0.3 is 0 Å². The van der Waals surface area contributed by atoms with Crippen molar-refractivity contribution in [2.45, 2.75) is 0 Å². The third-order valence-corrected chi connectivity index (χ3v) is 5.60. The molecule has 0 aliphatic carbocycles. The van der Waals surface area contributed by atoms with Crippen LogP contribution in [-0.2, 0) is 0 Å². The van der Waals surface area contributed by atoms with Crippen LogP contribution in [0.4, 0.5) is 0 Å². The molecule has 5 aromatic carbocycles. The van der Waals surface area contributed by atoms with Crippen LogP contribution in [0.15, 0.2) is 133 Å². The Bertz CT molecular complexity index is 1480. The lowest BCUT2D eigenvalue weighted by Crippen LogP contribution is -2.13. The first-order valence-electron chi connectivity index (χ1n) is 11.5. The van der Waals surface area contributed by atoms with Crippen molar-refractivity contribution in [1.82, 2.24) is 0 Å². The SMILES string of the molecule is O=C(c1ccccc1)c1ccc(Oc2ccccc2)c(Oc2ccccc2)c1C(=O)c1ccccc1. The summed E-state index contributed by atoms with van der Waals surface area (Å²) in [6.07, 6.45) is 0. The van der Waals surface area contributed by atoms with Gasteiger partial charge in [-0.25, -0.2) is 0 Å². The number of para-hydroxylation sites is 2. The smallest absolute Gasteiger partial charge is 0.197 e. The Morgan fingerprint density at radius 3 is 1.42 bits per heavy atom. The van der Waals surface area contributed by atoms with E-state index in [-0.39, 0.29) is 28.4 Å². The van der Waals surface area contributed by atoms with Crippen LogP contribution < -0.4 is 9.47 Å². The number of hydrogen-bond donors (Lipinski definition) is 0. The van der Waals surface area contributed by atoms with Crippen LogP contribution in [0.5, 0.6) is 23.0 Å². The quantitative estimate of drug-likeness (QED) is 0.218. The van der Waals surface area contributed by atoms with Gasteiger partial charge < -0.3 is 9.47 Å². The molecule has 0 N–H and O–H groups in total. The van der Waals surface area contributed by atoms with Gasteiger partial charge in [-0.05, 0) is 36.4 Å². The number of carbonyl (C=O) groups is 2. The second kappa shape index (κ2) is 10.5. The lowest BCUT2D eigenvalue weighted by Gasteiger charge is -2.19. The third-order valence-electron chi connectivity index (χ3n) is 5.60. The highest BCUT2D eigenvalue weighted by Crippen LogP contribution is 2.41. The molecule has 0 heterocycles.